The summed E-state index contributed by atoms with van der Waals surface area (Å²) in [6.45, 7) is 6.68. The van der Waals surface area contributed by atoms with Gasteiger partial charge in [0.2, 0.25) is 0 Å². The molecule has 0 bridgehead atoms. The van der Waals surface area contributed by atoms with Crippen LogP contribution in [0.5, 0.6) is 0 Å². The van der Waals surface area contributed by atoms with Crippen LogP contribution in [0.25, 0.3) is 0 Å². The molecule has 0 aliphatic heterocycles. The molecule has 1 aromatic carbocycles. The van der Waals surface area contributed by atoms with Gasteiger partial charge in [-0.1, -0.05) is 45.0 Å². The summed E-state index contributed by atoms with van der Waals surface area (Å²) in [5, 5.41) is 1.25. The molecule has 0 spiro atoms. The minimum absolute atomic E-state index is 0.276. The van der Waals surface area contributed by atoms with Gasteiger partial charge >= 0.3 is 35.2 Å². The summed E-state index contributed by atoms with van der Waals surface area (Å²) < 4.78 is 0.572. The quantitative estimate of drug-likeness (QED) is 0.391. The number of halogens is 1. The Kier molecular flexibility index (Phi) is 7.27. The van der Waals surface area contributed by atoms with E-state index in [9.17, 15) is 0 Å². The first-order chi connectivity index (χ1) is 6.41. The number of alkyl halides is 1. The molecule has 0 saturated heterocycles. The van der Waals surface area contributed by atoms with Crippen LogP contribution in [0.2, 0.25) is 0 Å². The number of hydrogen-bond donors (Lipinski definition) is 0. The molecule has 1 unspecified atom stereocenters. The number of hydrogen-bond acceptors (Lipinski definition) is 0. The number of benzene rings is 1. The molecule has 83 valence electrons. The van der Waals surface area contributed by atoms with Gasteiger partial charge < -0.3 is 0 Å². The molecule has 0 fully saturated rings. The first-order valence-corrected chi connectivity index (χ1v) is 6.56. The molecular formula is C11H17ClPPd. The monoisotopic (exact) mass is 321 g/mol. The van der Waals surface area contributed by atoms with Crippen molar-refractivity contribution in [2.75, 3.05) is 4.35 Å². The molecule has 1 aromatic rings. The third kappa shape index (κ3) is 6.15. The van der Waals surface area contributed by atoms with Gasteiger partial charge in [0.25, 0.3) is 0 Å². The van der Waals surface area contributed by atoms with Crippen molar-refractivity contribution in [3.8, 4) is 0 Å². The van der Waals surface area contributed by atoms with Crippen LogP contribution >= 0.6 is 20.8 Å². The summed E-state index contributed by atoms with van der Waals surface area (Å²) in [5.41, 5.74) is 1.67. The zero-order valence-corrected chi connectivity index (χ0v) is 12.3. The Bertz CT molecular complexity index is 251. The first-order valence-electron chi connectivity index (χ1n) is 4.35. The van der Waals surface area contributed by atoms with Crippen molar-refractivity contribution >= 4 is 26.1 Å². The standard InChI is InChI=1S/C10H15P.CH2Cl.Pd/c1-10(2,3)8-4-6-9(11)7-5-8;1-2;/h4-7H,11H2,1-3H3;1H2;. The van der Waals surface area contributed by atoms with Crippen LogP contribution in [0.4, 0.5) is 0 Å². The molecule has 0 aromatic heterocycles. The maximum absolute atomic E-state index is 4.93. The molecule has 0 nitrogen and oxygen atoms in total. The zero-order valence-electron chi connectivity index (χ0n) is 8.79. The van der Waals surface area contributed by atoms with Crippen molar-refractivity contribution in [2.45, 2.75) is 26.2 Å². The fourth-order valence-corrected chi connectivity index (χ4v) is 1.18. The average molecular weight is 322 g/mol. The molecule has 3 heteroatoms. The Labute approximate surface area is 105 Å². The summed E-state index contributed by atoms with van der Waals surface area (Å²) in [6, 6.07) is 8.63. The van der Waals surface area contributed by atoms with Gasteiger partial charge in [0.05, 0.1) is 0 Å². The summed E-state index contributed by atoms with van der Waals surface area (Å²) in [7, 11) is 2.69. The zero-order chi connectivity index (χ0) is 11.2. The van der Waals surface area contributed by atoms with Crippen molar-refractivity contribution in [1.82, 2.24) is 0 Å². The Hall–Kier alpha value is 0.602. The summed E-state index contributed by atoms with van der Waals surface area (Å²) >= 11 is 7.64. The van der Waals surface area contributed by atoms with Gasteiger partial charge in [0.15, 0.2) is 0 Å². The summed E-state index contributed by atoms with van der Waals surface area (Å²) in [4.78, 5) is 0. The van der Waals surface area contributed by atoms with Gasteiger partial charge in [-0.15, -0.1) is 9.24 Å². The third-order valence-corrected chi connectivity index (χ3v) is 2.16. The van der Waals surface area contributed by atoms with Gasteiger partial charge in [-0.3, -0.25) is 0 Å². The molecule has 0 saturated carbocycles. The van der Waals surface area contributed by atoms with E-state index in [4.69, 9.17) is 11.6 Å². The van der Waals surface area contributed by atoms with Gasteiger partial charge in [-0.25, -0.2) is 0 Å². The Morgan fingerprint density at radius 1 is 1.21 bits per heavy atom. The van der Waals surface area contributed by atoms with Gasteiger partial charge in [-0.05, 0) is 16.3 Å². The van der Waals surface area contributed by atoms with Crippen LogP contribution in [0, 0.1) is 0 Å². The minimum atomic E-state index is 0.276. The fraction of sp³-hybridized carbons (Fsp3) is 0.455. The van der Waals surface area contributed by atoms with Crippen molar-refractivity contribution in [1.29, 1.82) is 0 Å². The van der Waals surface area contributed by atoms with E-state index in [-0.39, 0.29) is 5.41 Å². The predicted octanol–water partition coefficient (Wildman–Crippen LogP) is 3.21. The van der Waals surface area contributed by atoms with Crippen molar-refractivity contribution < 1.29 is 19.2 Å². The van der Waals surface area contributed by atoms with Crippen LogP contribution in [0.15, 0.2) is 24.3 Å². The average Bonchev–Trinajstić information content (AvgIpc) is 2.04. The van der Waals surface area contributed by atoms with Crippen molar-refractivity contribution in [3.63, 3.8) is 0 Å². The molecule has 1 atom stereocenters. The van der Waals surface area contributed by atoms with Crippen LogP contribution in [0.1, 0.15) is 26.3 Å². The molecule has 0 amide bonds. The van der Waals surface area contributed by atoms with Crippen LogP contribution in [-0.2, 0) is 24.6 Å². The molecule has 0 radical (unpaired) electrons. The second-order valence-corrected chi connectivity index (χ2v) is 6.04. The number of rotatable bonds is 0. The van der Waals surface area contributed by atoms with E-state index in [2.05, 4.69) is 73.5 Å². The van der Waals surface area contributed by atoms with E-state index in [1.165, 1.54) is 10.9 Å². The summed E-state index contributed by atoms with van der Waals surface area (Å²) in [6.07, 6.45) is 0. The van der Waals surface area contributed by atoms with E-state index in [0.717, 1.165) is 0 Å². The van der Waals surface area contributed by atoms with E-state index in [0.29, 0.717) is 4.35 Å². The molecule has 0 aliphatic carbocycles. The Balaban J connectivity index is 0.000000500. The first kappa shape index (κ1) is 14.6. The van der Waals surface area contributed by atoms with Crippen LogP contribution in [-0.4, -0.2) is 4.35 Å². The predicted molar refractivity (Wildman–Crippen MR) is 65.2 cm³/mol. The van der Waals surface area contributed by atoms with Gasteiger partial charge in [-0.2, -0.15) is 0 Å². The van der Waals surface area contributed by atoms with E-state index < -0.39 is 0 Å². The van der Waals surface area contributed by atoms with Gasteiger partial charge in [0.1, 0.15) is 0 Å². The third-order valence-electron chi connectivity index (χ3n) is 1.78. The van der Waals surface area contributed by atoms with Crippen LogP contribution in [0.3, 0.4) is 0 Å². The molecule has 14 heavy (non-hydrogen) atoms. The maximum atomic E-state index is 4.93. The molecule has 1 rings (SSSR count). The SMILES string of the molecule is CC(C)(C)c1ccc(P)cc1.Cl[CH2][Pd]. The second-order valence-electron chi connectivity index (χ2n) is 3.96. The molecule has 0 N–H and O–H groups in total. The van der Waals surface area contributed by atoms with E-state index in [1.807, 2.05) is 0 Å². The molecule has 0 heterocycles. The summed E-state index contributed by atoms with van der Waals surface area (Å²) in [5.74, 6) is 0. The van der Waals surface area contributed by atoms with Gasteiger partial charge in [0, 0.05) is 0 Å². The normalized spacial score (nSPS) is 10.5. The van der Waals surface area contributed by atoms with Crippen molar-refractivity contribution in [3.05, 3.63) is 29.8 Å². The fourth-order valence-electron chi connectivity index (χ4n) is 0.983. The van der Waals surface area contributed by atoms with E-state index in [1.54, 1.807) is 0 Å². The second kappa shape index (κ2) is 6.97. The van der Waals surface area contributed by atoms with Crippen molar-refractivity contribution in [2.24, 2.45) is 0 Å². The Morgan fingerprint density at radius 2 is 1.57 bits per heavy atom. The molecule has 0 aliphatic rings. The molecular weight excluding hydrogens is 305 g/mol. The topological polar surface area (TPSA) is 0 Å². The Morgan fingerprint density at radius 3 is 1.86 bits per heavy atom. The van der Waals surface area contributed by atoms with E-state index >= 15 is 0 Å². The van der Waals surface area contributed by atoms with Crippen LogP contribution < -0.4 is 5.30 Å².